The average molecular weight is 407 g/mol. The second-order valence-corrected chi connectivity index (χ2v) is 7.99. The molecule has 2 aliphatic rings. The zero-order valence-electron chi connectivity index (χ0n) is 16.4. The summed E-state index contributed by atoms with van der Waals surface area (Å²) >= 11 is 0. The largest absolute Gasteiger partial charge is 0.505 e. The van der Waals surface area contributed by atoms with Gasteiger partial charge < -0.3 is 19.8 Å². The number of esters is 1. The summed E-state index contributed by atoms with van der Waals surface area (Å²) in [6, 6.07) is 2.86. The predicted molar refractivity (Wildman–Crippen MR) is 101 cm³/mol. The van der Waals surface area contributed by atoms with Crippen LogP contribution in [-0.4, -0.2) is 45.6 Å². The number of rotatable bonds is 7. The highest BCUT2D eigenvalue weighted by Crippen LogP contribution is 2.35. The van der Waals surface area contributed by atoms with Crippen LogP contribution in [0.25, 0.3) is 0 Å². The van der Waals surface area contributed by atoms with Crippen molar-refractivity contribution in [1.29, 1.82) is 0 Å². The molecule has 1 aromatic carbocycles. The Balaban J connectivity index is 1.47. The summed E-state index contributed by atoms with van der Waals surface area (Å²) < 4.78 is 19.4. The number of halogens is 1. The summed E-state index contributed by atoms with van der Waals surface area (Å²) in [4.78, 5) is 36.4. The van der Waals surface area contributed by atoms with Gasteiger partial charge in [-0.25, -0.2) is 4.39 Å². The smallest absolute Gasteiger partial charge is 0.306 e. The number of hydrogen-bond acceptors (Lipinski definition) is 5. The van der Waals surface area contributed by atoms with Gasteiger partial charge in [0.05, 0.1) is 18.4 Å². The molecule has 1 aromatic rings. The summed E-state index contributed by atoms with van der Waals surface area (Å²) in [6.45, 7) is 2.72. The zero-order chi connectivity index (χ0) is 21.1. The lowest BCUT2D eigenvalue weighted by atomic mass is 9.79. The third-order valence-corrected chi connectivity index (χ3v) is 5.96. The number of carbonyl (C=O) groups is 3. The van der Waals surface area contributed by atoms with Gasteiger partial charge in [0.25, 0.3) is 5.91 Å². The second-order valence-electron chi connectivity index (χ2n) is 7.99. The van der Waals surface area contributed by atoms with Crippen molar-refractivity contribution < 1.29 is 33.7 Å². The van der Waals surface area contributed by atoms with E-state index in [1.807, 2.05) is 6.92 Å². The lowest BCUT2D eigenvalue weighted by Crippen LogP contribution is -2.34. The van der Waals surface area contributed by atoms with Gasteiger partial charge in [0.15, 0.2) is 11.6 Å². The number of ether oxygens (including phenoxy) is 1. The van der Waals surface area contributed by atoms with E-state index in [1.165, 1.54) is 6.07 Å². The van der Waals surface area contributed by atoms with Crippen LogP contribution in [0.15, 0.2) is 12.1 Å². The van der Waals surface area contributed by atoms with Crippen LogP contribution in [0.3, 0.4) is 0 Å². The monoisotopic (exact) mass is 407 g/mol. The lowest BCUT2D eigenvalue weighted by molar-refractivity contribution is -0.154. The predicted octanol–water partition coefficient (Wildman–Crippen LogP) is 3.09. The lowest BCUT2D eigenvalue weighted by Gasteiger charge is -2.33. The molecular weight excluding hydrogens is 381 g/mol. The van der Waals surface area contributed by atoms with Crippen LogP contribution in [0.1, 0.15) is 61.4 Å². The Labute approximate surface area is 168 Å². The van der Waals surface area contributed by atoms with E-state index >= 15 is 0 Å². The van der Waals surface area contributed by atoms with Crippen LogP contribution in [0, 0.1) is 17.7 Å². The number of amides is 1. The van der Waals surface area contributed by atoms with Crippen molar-refractivity contribution in [2.45, 2.75) is 58.1 Å². The number of nitrogens with zero attached hydrogens (tertiary/aromatic N) is 1. The van der Waals surface area contributed by atoms with E-state index in [0.29, 0.717) is 18.7 Å². The zero-order valence-corrected chi connectivity index (χ0v) is 16.4. The van der Waals surface area contributed by atoms with Crippen molar-refractivity contribution in [2.24, 2.45) is 11.8 Å². The van der Waals surface area contributed by atoms with Crippen molar-refractivity contribution in [3.8, 4) is 5.75 Å². The topological polar surface area (TPSA) is 104 Å². The first-order valence-corrected chi connectivity index (χ1v) is 9.97. The molecule has 7 nitrogen and oxygen atoms in total. The molecule has 0 radical (unpaired) electrons. The summed E-state index contributed by atoms with van der Waals surface area (Å²) in [6.07, 6.45) is 2.81. The maximum absolute atomic E-state index is 14.1. The minimum Gasteiger partial charge on any atom is -0.505 e. The van der Waals surface area contributed by atoms with Gasteiger partial charge in [0, 0.05) is 13.1 Å². The maximum atomic E-state index is 14.1. The van der Waals surface area contributed by atoms with Gasteiger partial charge >= 0.3 is 11.9 Å². The van der Waals surface area contributed by atoms with E-state index in [0.717, 1.165) is 25.7 Å². The minimum atomic E-state index is -1.02. The van der Waals surface area contributed by atoms with Crippen LogP contribution in [0.5, 0.6) is 5.75 Å². The van der Waals surface area contributed by atoms with Gasteiger partial charge in [0.1, 0.15) is 6.10 Å². The molecule has 1 aliphatic heterocycles. The Morgan fingerprint density at radius 2 is 1.93 bits per heavy atom. The molecular formula is C21H26FNO6. The van der Waals surface area contributed by atoms with Gasteiger partial charge in [0.2, 0.25) is 0 Å². The molecule has 1 unspecified atom stereocenters. The summed E-state index contributed by atoms with van der Waals surface area (Å²) in [5.74, 6) is -2.76. The van der Waals surface area contributed by atoms with E-state index in [1.54, 1.807) is 11.0 Å². The van der Waals surface area contributed by atoms with Gasteiger partial charge in [-0.3, -0.25) is 14.4 Å². The molecule has 1 saturated carbocycles. The number of aliphatic carboxylic acids is 1. The van der Waals surface area contributed by atoms with Crippen molar-refractivity contribution in [3.63, 3.8) is 0 Å². The van der Waals surface area contributed by atoms with E-state index in [9.17, 15) is 23.9 Å². The standard InChI is InChI=1S/C21H26FNO6/c1-12(29-18(27)9-8-17(25)26)14-4-2-13(3-5-14)10-23-11-15-6-7-16(24)20(22)19(15)21(23)28/h6-7,12-14,24H,2-5,8-11H2,1H3,(H,25,26). The number of phenols is 1. The van der Waals surface area contributed by atoms with Crippen molar-refractivity contribution in [1.82, 2.24) is 4.90 Å². The summed E-state index contributed by atoms with van der Waals surface area (Å²) in [7, 11) is 0. The number of fused-ring (bicyclic) bond motifs is 1. The fourth-order valence-corrected chi connectivity index (χ4v) is 4.27. The fourth-order valence-electron chi connectivity index (χ4n) is 4.27. The quantitative estimate of drug-likeness (QED) is 0.673. The van der Waals surface area contributed by atoms with Gasteiger partial charge in [-0.05, 0) is 56.1 Å². The molecule has 1 aliphatic carbocycles. The number of carbonyl (C=O) groups excluding carboxylic acids is 2. The van der Waals surface area contributed by atoms with Crippen molar-refractivity contribution in [3.05, 3.63) is 29.1 Å². The summed E-state index contributed by atoms with van der Waals surface area (Å²) in [5.41, 5.74) is 0.571. The molecule has 0 saturated heterocycles. The molecule has 8 heteroatoms. The van der Waals surface area contributed by atoms with Gasteiger partial charge in [-0.2, -0.15) is 0 Å². The number of aromatic hydroxyl groups is 1. The van der Waals surface area contributed by atoms with Crippen LogP contribution < -0.4 is 0 Å². The van der Waals surface area contributed by atoms with Gasteiger partial charge in [-0.15, -0.1) is 0 Å². The van der Waals surface area contributed by atoms with Crippen molar-refractivity contribution >= 4 is 17.8 Å². The van der Waals surface area contributed by atoms with E-state index in [2.05, 4.69) is 0 Å². The Kier molecular flexibility index (Phi) is 6.39. The first-order valence-electron chi connectivity index (χ1n) is 9.97. The number of carboxylic acid groups (broad SMARTS) is 1. The second kappa shape index (κ2) is 8.80. The number of carboxylic acids is 1. The van der Waals surface area contributed by atoms with Gasteiger partial charge in [-0.1, -0.05) is 6.07 Å². The fraction of sp³-hybridized carbons (Fsp3) is 0.571. The van der Waals surface area contributed by atoms with Crippen LogP contribution in [-0.2, 0) is 20.9 Å². The Morgan fingerprint density at radius 3 is 2.59 bits per heavy atom. The molecule has 3 rings (SSSR count). The molecule has 1 fully saturated rings. The minimum absolute atomic E-state index is 0.0272. The number of benzene rings is 1. The van der Waals surface area contributed by atoms with E-state index in [-0.39, 0.29) is 42.3 Å². The third-order valence-electron chi connectivity index (χ3n) is 5.96. The molecule has 158 valence electrons. The third kappa shape index (κ3) is 4.86. The molecule has 1 atom stereocenters. The van der Waals surface area contributed by atoms with Crippen LogP contribution in [0.2, 0.25) is 0 Å². The van der Waals surface area contributed by atoms with Crippen molar-refractivity contribution in [2.75, 3.05) is 6.54 Å². The van der Waals surface area contributed by atoms with Crippen LogP contribution in [0.4, 0.5) is 4.39 Å². The molecule has 1 heterocycles. The highest BCUT2D eigenvalue weighted by molar-refractivity contribution is 5.99. The Morgan fingerprint density at radius 1 is 1.24 bits per heavy atom. The normalized spacial score (nSPS) is 22.3. The average Bonchev–Trinajstić information content (AvgIpc) is 3.00. The summed E-state index contributed by atoms with van der Waals surface area (Å²) in [5, 5.41) is 18.1. The maximum Gasteiger partial charge on any atom is 0.306 e. The Hall–Kier alpha value is -2.64. The first-order chi connectivity index (χ1) is 13.8. The van der Waals surface area contributed by atoms with E-state index < -0.39 is 23.5 Å². The highest BCUT2D eigenvalue weighted by Gasteiger charge is 2.35. The first kappa shape index (κ1) is 21.1. The molecule has 1 amide bonds. The van der Waals surface area contributed by atoms with E-state index in [4.69, 9.17) is 9.84 Å². The highest BCUT2D eigenvalue weighted by atomic mass is 19.1. The van der Waals surface area contributed by atoms with Crippen LogP contribution >= 0.6 is 0 Å². The molecule has 0 aromatic heterocycles. The number of hydrogen-bond donors (Lipinski definition) is 2. The number of phenolic OH excluding ortho intramolecular Hbond substituents is 1. The molecule has 0 bridgehead atoms. The molecule has 0 spiro atoms. The molecule has 2 N–H and O–H groups in total. The Bertz CT molecular complexity index is 803. The molecule has 29 heavy (non-hydrogen) atoms. The SMILES string of the molecule is CC(OC(=O)CCC(=O)O)C1CCC(CN2Cc3ccc(O)c(F)c3C2=O)CC1.